The number of benzene rings is 1. The first-order valence-corrected chi connectivity index (χ1v) is 6.22. The lowest BCUT2D eigenvalue weighted by atomic mass is 10.2. The molecule has 7 nitrogen and oxygen atoms in total. The Morgan fingerprint density at radius 1 is 1.14 bits per heavy atom. The summed E-state index contributed by atoms with van der Waals surface area (Å²) >= 11 is 0. The fourth-order valence-corrected chi connectivity index (χ4v) is 1.68. The van der Waals surface area contributed by atoms with E-state index in [0.29, 0.717) is 17.2 Å². The molecule has 0 aromatic heterocycles. The van der Waals surface area contributed by atoms with E-state index in [9.17, 15) is 9.59 Å². The summed E-state index contributed by atoms with van der Waals surface area (Å²) in [6.45, 7) is 1.20. The molecule has 1 unspecified atom stereocenters. The number of ether oxygens (including phenoxy) is 4. The normalized spacial score (nSPS) is 11.2. The molecule has 0 aliphatic rings. The molecule has 0 saturated heterocycles. The van der Waals surface area contributed by atoms with Gasteiger partial charge in [-0.05, 0) is 12.1 Å². The van der Waals surface area contributed by atoms with Crippen LogP contribution >= 0.6 is 0 Å². The second-order valence-electron chi connectivity index (χ2n) is 4.08. The monoisotopic (exact) mass is 297 g/mol. The lowest BCUT2D eigenvalue weighted by molar-refractivity contribution is -0.145. The predicted octanol–water partition coefficient (Wildman–Crippen LogP) is 0.760. The third kappa shape index (κ3) is 4.55. The minimum absolute atomic E-state index is 0.108. The van der Waals surface area contributed by atoms with E-state index in [4.69, 9.17) is 14.2 Å². The fourth-order valence-electron chi connectivity index (χ4n) is 1.68. The van der Waals surface area contributed by atoms with Gasteiger partial charge in [0.05, 0.1) is 21.3 Å². The smallest absolute Gasteiger partial charge is 0.331 e. The lowest BCUT2D eigenvalue weighted by Gasteiger charge is -2.18. The minimum Gasteiger partial charge on any atom is -0.493 e. The second-order valence-corrected chi connectivity index (χ2v) is 4.08. The number of carbonyl (C=O) groups excluding carboxylic acids is 2. The van der Waals surface area contributed by atoms with Gasteiger partial charge in [0.2, 0.25) is 11.7 Å². The molecule has 1 atom stereocenters. The van der Waals surface area contributed by atoms with Crippen LogP contribution in [0.15, 0.2) is 18.2 Å². The van der Waals surface area contributed by atoms with Gasteiger partial charge in [0.15, 0.2) is 17.5 Å². The quantitative estimate of drug-likeness (QED) is 0.748. The summed E-state index contributed by atoms with van der Waals surface area (Å²) in [4.78, 5) is 22.7. The Kier molecular flexibility index (Phi) is 6.32. The van der Waals surface area contributed by atoms with E-state index >= 15 is 0 Å². The van der Waals surface area contributed by atoms with Crippen LogP contribution in [0.1, 0.15) is 6.92 Å². The molecule has 0 heterocycles. The van der Waals surface area contributed by atoms with Crippen LogP contribution in [0.3, 0.4) is 0 Å². The van der Waals surface area contributed by atoms with Crippen LogP contribution < -0.4 is 19.5 Å². The van der Waals surface area contributed by atoms with Gasteiger partial charge in [-0.25, -0.2) is 4.79 Å². The summed E-state index contributed by atoms with van der Waals surface area (Å²) in [7, 11) is 4.22. The Morgan fingerprint density at radius 2 is 1.71 bits per heavy atom. The van der Waals surface area contributed by atoms with Gasteiger partial charge >= 0.3 is 5.97 Å². The van der Waals surface area contributed by atoms with E-state index < -0.39 is 12.0 Å². The van der Waals surface area contributed by atoms with Crippen molar-refractivity contribution >= 4 is 11.9 Å². The first kappa shape index (κ1) is 16.6. The van der Waals surface area contributed by atoms with Crippen LogP contribution in [0.2, 0.25) is 0 Å². The Hall–Kier alpha value is -2.44. The van der Waals surface area contributed by atoms with E-state index in [1.54, 1.807) is 18.2 Å². The summed E-state index contributed by atoms with van der Waals surface area (Å²) < 4.78 is 20.5. The Labute approximate surface area is 123 Å². The highest BCUT2D eigenvalue weighted by atomic mass is 16.5. The Morgan fingerprint density at radius 3 is 2.14 bits per heavy atom. The summed E-state index contributed by atoms with van der Waals surface area (Å²) in [5.41, 5.74) is 0. The maximum atomic E-state index is 11.6. The van der Waals surface area contributed by atoms with Crippen molar-refractivity contribution in [1.82, 2.24) is 5.32 Å². The van der Waals surface area contributed by atoms with Gasteiger partial charge in [-0.2, -0.15) is 0 Å². The molecular formula is C14H19NO6. The molecule has 1 aromatic rings. The van der Waals surface area contributed by atoms with Crippen LogP contribution in [0, 0.1) is 0 Å². The Bertz CT molecular complexity index is 480. The van der Waals surface area contributed by atoms with Crippen LogP contribution in [0.4, 0.5) is 0 Å². The number of amides is 1. The van der Waals surface area contributed by atoms with E-state index in [1.807, 2.05) is 0 Å². The number of hydrogen-bond acceptors (Lipinski definition) is 6. The number of nitrogens with one attached hydrogen (secondary N) is 1. The minimum atomic E-state index is -0.915. The molecule has 0 saturated carbocycles. The highest BCUT2D eigenvalue weighted by Crippen LogP contribution is 2.36. The topological polar surface area (TPSA) is 83.1 Å². The maximum Gasteiger partial charge on any atom is 0.331 e. The molecule has 0 spiro atoms. The molecule has 116 valence electrons. The van der Waals surface area contributed by atoms with Crippen LogP contribution in [-0.4, -0.2) is 45.9 Å². The molecular weight excluding hydrogens is 278 g/mol. The largest absolute Gasteiger partial charge is 0.493 e. The summed E-state index contributed by atoms with van der Waals surface area (Å²) in [5, 5.41) is 2.46. The Balaban J connectivity index is 2.88. The number of esters is 1. The molecule has 1 aromatic carbocycles. The van der Waals surface area contributed by atoms with Gasteiger partial charge in [-0.1, -0.05) is 6.07 Å². The van der Waals surface area contributed by atoms with Gasteiger partial charge in [-0.15, -0.1) is 0 Å². The molecule has 7 heteroatoms. The van der Waals surface area contributed by atoms with Crippen molar-refractivity contribution in [2.24, 2.45) is 0 Å². The summed E-state index contributed by atoms with van der Waals surface area (Å²) in [6.07, 6.45) is 0. The van der Waals surface area contributed by atoms with Gasteiger partial charge in [0, 0.05) is 6.92 Å². The number of hydrogen-bond donors (Lipinski definition) is 1. The van der Waals surface area contributed by atoms with Crippen molar-refractivity contribution in [2.45, 2.75) is 13.0 Å². The first-order chi connectivity index (χ1) is 10.0. The molecule has 1 amide bonds. The average Bonchev–Trinajstić information content (AvgIpc) is 2.49. The van der Waals surface area contributed by atoms with Crippen molar-refractivity contribution in [3.05, 3.63) is 18.2 Å². The van der Waals surface area contributed by atoms with Gasteiger partial charge in [0.1, 0.15) is 6.61 Å². The zero-order chi connectivity index (χ0) is 15.8. The van der Waals surface area contributed by atoms with Gasteiger partial charge in [0.25, 0.3) is 0 Å². The van der Waals surface area contributed by atoms with Crippen molar-refractivity contribution in [3.63, 3.8) is 0 Å². The van der Waals surface area contributed by atoms with E-state index in [1.165, 1.54) is 28.3 Å². The van der Waals surface area contributed by atoms with Gasteiger partial charge in [-0.3, -0.25) is 4.79 Å². The number of rotatable bonds is 7. The molecule has 0 aliphatic carbocycles. The highest BCUT2D eigenvalue weighted by Gasteiger charge is 2.22. The summed E-state index contributed by atoms with van der Waals surface area (Å²) in [5.74, 6) is 0.309. The van der Waals surface area contributed by atoms with Gasteiger partial charge < -0.3 is 24.3 Å². The van der Waals surface area contributed by atoms with E-state index in [2.05, 4.69) is 10.1 Å². The van der Waals surface area contributed by atoms with Crippen molar-refractivity contribution in [2.75, 3.05) is 27.9 Å². The molecule has 1 N–H and O–H groups in total. The average molecular weight is 297 g/mol. The number of methoxy groups -OCH3 is 3. The number of carbonyl (C=O) groups is 2. The zero-order valence-electron chi connectivity index (χ0n) is 12.5. The van der Waals surface area contributed by atoms with Crippen molar-refractivity contribution in [3.8, 4) is 17.2 Å². The predicted molar refractivity (Wildman–Crippen MR) is 74.7 cm³/mol. The molecule has 0 aliphatic heterocycles. The van der Waals surface area contributed by atoms with Crippen molar-refractivity contribution in [1.29, 1.82) is 0 Å². The first-order valence-electron chi connectivity index (χ1n) is 6.22. The zero-order valence-corrected chi connectivity index (χ0v) is 12.5. The molecule has 21 heavy (non-hydrogen) atoms. The second kappa shape index (κ2) is 7.98. The van der Waals surface area contributed by atoms with Crippen LogP contribution in [0.5, 0.6) is 17.2 Å². The third-order valence-corrected chi connectivity index (χ3v) is 2.64. The lowest BCUT2D eigenvalue weighted by Crippen LogP contribution is -2.44. The standard InChI is InChI=1S/C14H19NO6/c1-9(16)15-10(14(17)20-4)8-21-13-11(18-2)6-5-7-12(13)19-3/h5-7,10H,8H2,1-4H3,(H,15,16). The van der Waals surface area contributed by atoms with E-state index in [0.717, 1.165) is 0 Å². The van der Waals surface area contributed by atoms with Crippen molar-refractivity contribution < 1.29 is 28.5 Å². The fraction of sp³-hybridized carbons (Fsp3) is 0.429. The van der Waals surface area contributed by atoms with Crippen LogP contribution in [0.25, 0.3) is 0 Å². The van der Waals surface area contributed by atoms with E-state index in [-0.39, 0.29) is 12.5 Å². The molecule has 0 bridgehead atoms. The molecule has 1 rings (SSSR count). The number of para-hydroxylation sites is 1. The summed E-state index contributed by atoms with van der Waals surface area (Å²) in [6, 6.07) is 4.23. The molecule has 0 fully saturated rings. The maximum absolute atomic E-state index is 11.6. The third-order valence-electron chi connectivity index (χ3n) is 2.64. The highest BCUT2D eigenvalue weighted by molar-refractivity contribution is 5.83. The van der Waals surface area contributed by atoms with Crippen LogP contribution in [-0.2, 0) is 14.3 Å². The SMILES string of the molecule is COC(=O)C(COc1c(OC)cccc1OC)NC(C)=O. The molecule has 0 radical (unpaired) electrons.